The average molecular weight is 488 g/mol. The van der Waals surface area contributed by atoms with Crippen LogP contribution in [-0.4, -0.2) is 70.7 Å². The van der Waals surface area contributed by atoms with Crippen molar-refractivity contribution in [3.05, 3.63) is 69.8 Å². The summed E-state index contributed by atoms with van der Waals surface area (Å²) in [6, 6.07) is 7.95. The predicted molar refractivity (Wildman–Crippen MR) is 112 cm³/mol. The van der Waals surface area contributed by atoms with Gasteiger partial charge < -0.3 is 39.4 Å². The van der Waals surface area contributed by atoms with Gasteiger partial charge in [-0.15, -0.1) is 0 Å². The van der Waals surface area contributed by atoms with Crippen molar-refractivity contribution >= 4 is 23.9 Å². The summed E-state index contributed by atoms with van der Waals surface area (Å²) in [5, 5.41) is 37.7. The number of hydrogen-bond donors (Lipinski definition) is 4. The number of ether oxygens (including phenoxy) is 4. The second kappa shape index (κ2) is 9.43. The fourth-order valence-corrected chi connectivity index (χ4v) is 4.08. The van der Waals surface area contributed by atoms with Gasteiger partial charge in [0.15, 0.2) is 12.6 Å². The number of rotatable bonds is 6. The largest absolute Gasteiger partial charge is 0.478 e. The van der Waals surface area contributed by atoms with E-state index in [9.17, 15) is 39.6 Å². The van der Waals surface area contributed by atoms with Crippen molar-refractivity contribution in [1.82, 2.24) is 0 Å². The molecule has 2 fully saturated rings. The maximum atomic E-state index is 11.7. The molecule has 0 atom stereocenters. The molecule has 2 heterocycles. The summed E-state index contributed by atoms with van der Waals surface area (Å²) < 4.78 is 22.9. The fourth-order valence-electron chi connectivity index (χ4n) is 4.08. The van der Waals surface area contributed by atoms with Gasteiger partial charge in [-0.2, -0.15) is 0 Å². The van der Waals surface area contributed by atoms with Gasteiger partial charge in [-0.1, -0.05) is 24.3 Å². The molecule has 35 heavy (non-hydrogen) atoms. The third-order valence-corrected chi connectivity index (χ3v) is 5.75. The van der Waals surface area contributed by atoms with E-state index in [1.165, 1.54) is 36.4 Å². The lowest BCUT2D eigenvalue weighted by atomic mass is 9.89. The van der Waals surface area contributed by atoms with E-state index < -0.39 is 64.1 Å². The van der Waals surface area contributed by atoms with Crippen LogP contribution in [0.2, 0.25) is 0 Å². The zero-order valence-corrected chi connectivity index (χ0v) is 18.0. The Kier molecular flexibility index (Phi) is 6.54. The molecule has 1 spiro atoms. The summed E-state index contributed by atoms with van der Waals surface area (Å²) in [5.41, 5.74) is -2.35. The van der Waals surface area contributed by atoms with Crippen molar-refractivity contribution in [3.63, 3.8) is 0 Å². The van der Waals surface area contributed by atoms with E-state index in [0.717, 1.165) is 0 Å². The Morgan fingerprint density at radius 1 is 0.600 bits per heavy atom. The zero-order valence-electron chi connectivity index (χ0n) is 18.0. The standard InChI is InChI=1S/C23H20O12/c24-17(25)11-3-1-5-13(15(11)19(28)29)21-32-7-23(8-33-21)9-34-22(35-10-23)14-6-2-4-12(18(26)27)16(14)20(30)31/h1-6,21-22H,7-10H2,(H,24,25)(H,26,27)(H,28,29)(H,30,31). The van der Waals surface area contributed by atoms with E-state index in [4.69, 9.17) is 18.9 Å². The first-order valence-electron chi connectivity index (χ1n) is 10.3. The lowest BCUT2D eigenvalue weighted by Crippen LogP contribution is -2.49. The zero-order chi connectivity index (χ0) is 25.3. The molecule has 0 aromatic heterocycles. The van der Waals surface area contributed by atoms with Gasteiger partial charge in [-0.25, -0.2) is 19.2 Å². The highest BCUT2D eigenvalue weighted by Crippen LogP contribution is 2.40. The van der Waals surface area contributed by atoms with E-state index in [0.29, 0.717) is 0 Å². The summed E-state index contributed by atoms with van der Waals surface area (Å²) in [6.07, 6.45) is -2.26. The second-order valence-electron chi connectivity index (χ2n) is 8.17. The van der Waals surface area contributed by atoms with E-state index >= 15 is 0 Å². The van der Waals surface area contributed by atoms with Crippen molar-refractivity contribution in [2.24, 2.45) is 5.41 Å². The maximum absolute atomic E-state index is 11.7. The Labute approximate surface area is 197 Å². The van der Waals surface area contributed by atoms with Gasteiger partial charge in [0.2, 0.25) is 0 Å². The molecule has 0 bridgehead atoms. The number of aromatic carboxylic acids is 4. The molecular formula is C23H20O12. The molecule has 2 saturated heterocycles. The van der Waals surface area contributed by atoms with Crippen LogP contribution in [0.4, 0.5) is 0 Å². The third-order valence-electron chi connectivity index (χ3n) is 5.75. The Balaban J connectivity index is 1.48. The Hall–Kier alpha value is -3.84. The van der Waals surface area contributed by atoms with Gasteiger partial charge in [0, 0.05) is 11.1 Å². The van der Waals surface area contributed by atoms with Gasteiger partial charge in [0.05, 0.1) is 54.1 Å². The molecule has 0 amide bonds. The maximum Gasteiger partial charge on any atom is 0.337 e. The topological polar surface area (TPSA) is 186 Å². The molecule has 12 heteroatoms. The van der Waals surface area contributed by atoms with Crippen molar-refractivity contribution in [2.45, 2.75) is 12.6 Å². The Bertz CT molecular complexity index is 1090. The third kappa shape index (κ3) is 4.59. The fraction of sp³-hybridized carbons (Fsp3) is 0.304. The lowest BCUT2D eigenvalue weighted by Gasteiger charge is -2.44. The van der Waals surface area contributed by atoms with Crippen LogP contribution in [-0.2, 0) is 18.9 Å². The van der Waals surface area contributed by atoms with Crippen molar-refractivity contribution < 1.29 is 58.6 Å². The SMILES string of the molecule is O=C(O)c1cccc(C2OCC3(CO2)COC(c2cccc(C(=O)O)c2C(=O)O)OC3)c1C(=O)O. The van der Waals surface area contributed by atoms with Crippen LogP contribution in [0.3, 0.4) is 0 Å². The lowest BCUT2D eigenvalue weighted by molar-refractivity contribution is -0.307. The van der Waals surface area contributed by atoms with Crippen LogP contribution in [0, 0.1) is 5.41 Å². The van der Waals surface area contributed by atoms with Crippen LogP contribution in [0.25, 0.3) is 0 Å². The minimum atomic E-state index is -1.43. The van der Waals surface area contributed by atoms with E-state index in [1.54, 1.807) is 0 Å². The summed E-state index contributed by atoms with van der Waals surface area (Å²) in [7, 11) is 0. The smallest absolute Gasteiger partial charge is 0.337 e. The van der Waals surface area contributed by atoms with Crippen LogP contribution < -0.4 is 0 Å². The van der Waals surface area contributed by atoms with Gasteiger partial charge in [0.25, 0.3) is 0 Å². The summed E-state index contributed by atoms with van der Waals surface area (Å²) >= 11 is 0. The van der Waals surface area contributed by atoms with Crippen molar-refractivity contribution in [1.29, 1.82) is 0 Å². The van der Waals surface area contributed by atoms with Crippen LogP contribution in [0.15, 0.2) is 36.4 Å². The van der Waals surface area contributed by atoms with Gasteiger partial charge in [0.1, 0.15) is 0 Å². The molecule has 4 N–H and O–H groups in total. The van der Waals surface area contributed by atoms with Gasteiger partial charge in [-0.05, 0) is 12.1 Å². The monoisotopic (exact) mass is 488 g/mol. The van der Waals surface area contributed by atoms with Crippen molar-refractivity contribution in [3.8, 4) is 0 Å². The first-order valence-corrected chi connectivity index (χ1v) is 10.3. The highest BCUT2D eigenvalue weighted by molar-refractivity contribution is 6.03. The van der Waals surface area contributed by atoms with E-state index in [-0.39, 0.29) is 37.6 Å². The molecule has 2 aliphatic rings. The first kappa shape index (κ1) is 24.3. The first-order chi connectivity index (χ1) is 16.6. The molecule has 12 nitrogen and oxygen atoms in total. The number of benzene rings is 2. The average Bonchev–Trinajstić information content (AvgIpc) is 2.84. The highest BCUT2D eigenvalue weighted by Gasteiger charge is 2.44. The normalized spacial score (nSPS) is 24.1. The summed E-state index contributed by atoms with van der Waals surface area (Å²) in [6.45, 7) is 0.0623. The Morgan fingerprint density at radius 3 is 1.23 bits per heavy atom. The molecule has 4 rings (SSSR count). The van der Waals surface area contributed by atoms with E-state index in [2.05, 4.69) is 0 Å². The molecule has 0 radical (unpaired) electrons. The van der Waals surface area contributed by atoms with Gasteiger partial charge in [-0.3, -0.25) is 0 Å². The summed E-state index contributed by atoms with van der Waals surface area (Å²) in [4.78, 5) is 46.3. The molecular weight excluding hydrogens is 468 g/mol. The quantitative estimate of drug-likeness (QED) is 0.465. The van der Waals surface area contributed by atoms with E-state index in [1.807, 2.05) is 0 Å². The predicted octanol–water partition coefficient (Wildman–Crippen LogP) is 2.26. The minimum Gasteiger partial charge on any atom is -0.478 e. The number of carbonyl (C=O) groups is 4. The van der Waals surface area contributed by atoms with Crippen molar-refractivity contribution in [2.75, 3.05) is 26.4 Å². The minimum absolute atomic E-state index is 0.0156. The Morgan fingerprint density at radius 2 is 0.943 bits per heavy atom. The van der Waals surface area contributed by atoms with Crippen LogP contribution in [0.5, 0.6) is 0 Å². The molecule has 0 saturated carbocycles. The number of carboxylic acid groups (broad SMARTS) is 4. The molecule has 0 unspecified atom stereocenters. The molecule has 184 valence electrons. The number of carboxylic acids is 4. The molecule has 2 aromatic carbocycles. The van der Waals surface area contributed by atoms with Crippen LogP contribution in [0.1, 0.15) is 65.1 Å². The summed E-state index contributed by atoms with van der Waals surface area (Å²) in [5.74, 6) is -5.67. The van der Waals surface area contributed by atoms with Gasteiger partial charge >= 0.3 is 23.9 Å². The van der Waals surface area contributed by atoms with Crippen LogP contribution >= 0.6 is 0 Å². The number of hydrogen-bond acceptors (Lipinski definition) is 8. The second-order valence-corrected chi connectivity index (χ2v) is 8.17. The molecule has 0 aliphatic carbocycles. The molecule has 2 aliphatic heterocycles. The highest BCUT2D eigenvalue weighted by atomic mass is 16.7. The molecule has 2 aromatic rings.